The molecule has 1 aromatic carbocycles. The molecule has 2 amide bonds. The molecular weight excluding hydrogens is 399 g/mol. The van der Waals surface area contributed by atoms with Gasteiger partial charge in [-0.25, -0.2) is 4.79 Å². The summed E-state index contributed by atoms with van der Waals surface area (Å²) in [6.45, 7) is 4.54. The molecule has 1 aromatic rings. The van der Waals surface area contributed by atoms with Gasteiger partial charge in [-0.3, -0.25) is 4.90 Å². The highest BCUT2D eigenvalue weighted by molar-refractivity contribution is 6.31. The Morgan fingerprint density at radius 2 is 2.00 bits per heavy atom. The molecule has 0 bridgehead atoms. The molecule has 2 N–H and O–H groups in total. The average molecular weight is 422 g/mol. The zero-order valence-corrected chi connectivity index (χ0v) is 16.0. The number of benzene rings is 1. The number of nitrogens with one attached hydrogen (secondary N) is 2. The van der Waals surface area contributed by atoms with Gasteiger partial charge in [0.2, 0.25) is 0 Å². The Bertz CT molecular complexity index is 678. The molecule has 0 aliphatic carbocycles. The number of morpholine rings is 1. The van der Waals surface area contributed by atoms with E-state index >= 15 is 0 Å². The first kappa shape index (κ1) is 21.2. The lowest BCUT2D eigenvalue weighted by Crippen LogP contribution is -2.52. The third kappa shape index (κ3) is 5.50. The van der Waals surface area contributed by atoms with Crippen LogP contribution in [0.25, 0.3) is 0 Å². The van der Waals surface area contributed by atoms with Crippen molar-refractivity contribution in [3.63, 3.8) is 0 Å². The van der Waals surface area contributed by atoms with Crippen molar-refractivity contribution in [2.24, 2.45) is 5.92 Å². The highest BCUT2D eigenvalue weighted by Gasteiger charge is 2.34. The smallest absolute Gasteiger partial charge is 0.381 e. The lowest BCUT2D eigenvalue weighted by molar-refractivity contribution is -0.137. The summed E-state index contributed by atoms with van der Waals surface area (Å²) in [6.07, 6.45) is -3.67. The van der Waals surface area contributed by atoms with Crippen LogP contribution in [0.5, 0.6) is 0 Å². The molecule has 0 unspecified atom stereocenters. The van der Waals surface area contributed by atoms with Gasteiger partial charge in [-0.05, 0) is 24.6 Å². The Labute approximate surface area is 166 Å². The molecule has 0 spiro atoms. The quantitative estimate of drug-likeness (QED) is 0.766. The second kappa shape index (κ2) is 9.30. The van der Waals surface area contributed by atoms with Crippen molar-refractivity contribution in [3.05, 3.63) is 28.8 Å². The maximum absolute atomic E-state index is 13.0. The Kier molecular flexibility index (Phi) is 7.03. The third-order valence-corrected chi connectivity index (χ3v) is 5.35. The van der Waals surface area contributed by atoms with Crippen LogP contribution in [0.1, 0.15) is 12.0 Å². The molecule has 0 radical (unpaired) electrons. The van der Waals surface area contributed by atoms with Crippen molar-refractivity contribution in [3.8, 4) is 0 Å². The highest BCUT2D eigenvalue weighted by Crippen LogP contribution is 2.36. The van der Waals surface area contributed by atoms with Crippen LogP contribution in [0.2, 0.25) is 5.02 Å². The van der Waals surface area contributed by atoms with Gasteiger partial charge in [-0.1, -0.05) is 11.6 Å². The van der Waals surface area contributed by atoms with E-state index in [0.29, 0.717) is 38.9 Å². The van der Waals surface area contributed by atoms with E-state index in [4.69, 9.17) is 21.1 Å². The minimum Gasteiger partial charge on any atom is -0.381 e. The maximum atomic E-state index is 13.0. The first-order chi connectivity index (χ1) is 13.3. The second-order valence-corrected chi connectivity index (χ2v) is 7.27. The second-order valence-electron chi connectivity index (χ2n) is 6.87. The van der Waals surface area contributed by atoms with Gasteiger partial charge < -0.3 is 20.1 Å². The van der Waals surface area contributed by atoms with E-state index in [-0.39, 0.29) is 11.7 Å². The Morgan fingerprint density at radius 3 is 2.64 bits per heavy atom. The monoisotopic (exact) mass is 421 g/mol. The van der Waals surface area contributed by atoms with E-state index < -0.39 is 22.8 Å². The molecule has 28 heavy (non-hydrogen) atoms. The first-order valence-corrected chi connectivity index (χ1v) is 9.53. The molecule has 156 valence electrons. The van der Waals surface area contributed by atoms with Crippen molar-refractivity contribution in [1.29, 1.82) is 0 Å². The highest BCUT2D eigenvalue weighted by atomic mass is 35.5. The number of alkyl halides is 3. The van der Waals surface area contributed by atoms with Crippen molar-refractivity contribution in [1.82, 2.24) is 10.2 Å². The Morgan fingerprint density at radius 1 is 1.25 bits per heavy atom. The fourth-order valence-electron chi connectivity index (χ4n) is 3.55. The van der Waals surface area contributed by atoms with Gasteiger partial charge in [0, 0.05) is 43.9 Å². The molecule has 0 aromatic heterocycles. The van der Waals surface area contributed by atoms with Crippen LogP contribution >= 0.6 is 11.6 Å². The average Bonchev–Trinajstić information content (AvgIpc) is 3.18. The largest absolute Gasteiger partial charge is 0.417 e. The summed E-state index contributed by atoms with van der Waals surface area (Å²) in [4.78, 5) is 14.5. The molecule has 2 aliphatic rings. The number of halogens is 4. The number of ether oxygens (including phenoxy) is 2. The van der Waals surface area contributed by atoms with Crippen LogP contribution in [0.15, 0.2) is 18.2 Å². The van der Waals surface area contributed by atoms with Gasteiger partial charge in [-0.2, -0.15) is 13.2 Å². The van der Waals surface area contributed by atoms with Crippen LogP contribution in [-0.4, -0.2) is 63.0 Å². The van der Waals surface area contributed by atoms with E-state index in [0.717, 1.165) is 31.6 Å². The minimum absolute atomic E-state index is 0.0290. The number of carbonyl (C=O) groups is 1. The molecule has 6 nitrogen and oxygen atoms in total. The van der Waals surface area contributed by atoms with Crippen molar-refractivity contribution in [2.75, 3.05) is 51.4 Å². The third-order valence-electron chi connectivity index (χ3n) is 5.03. The van der Waals surface area contributed by atoms with Crippen LogP contribution in [0.4, 0.5) is 23.7 Å². The number of hydrogen-bond acceptors (Lipinski definition) is 4. The van der Waals surface area contributed by atoms with Crippen molar-refractivity contribution in [2.45, 2.75) is 18.6 Å². The minimum atomic E-state index is -4.59. The number of hydrogen-bond donors (Lipinski definition) is 2. The first-order valence-electron chi connectivity index (χ1n) is 9.16. The van der Waals surface area contributed by atoms with Crippen LogP contribution in [-0.2, 0) is 15.7 Å². The summed E-state index contributed by atoms with van der Waals surface area (Å²) >= 11 is 5.60. The molecular formula is C18H23ClF3N3O3. The summed E-state index contributed by atoms with van der Waals surface area (Å²) in [7, 11) is 0. The maximum Gasteiger partial charge on any atom is 0.417 e. The van der Waals surface area contributed by atoms with E-state index in [1.54, 1.807) is 0 Å². The van der Waals surface area contributed by atoms with Crippen LogP contribution < -0.4 is 10.6 Å². The molecule has 2 saturated heterocycles. The summed E-state index contributed by atoms with van der Waals surface area (Å²) in [6, 6.07) is 2.81. The van der Waals surface area contributed by atoms with Crippen LogP contribution in [0.3, 0.4) is 0 Å². The van der Waals surface area contributed by atoms with Gasteiger partial charge in [-0.15, -0.1) is 0 Å². The molecule has 0 saturated carbocycles. The fraction of sp³-hybridized carbons (Fsp3) is 0.611. The summed E-state index contributed by atoms with van der Waals surface area (Å²) in [5.41, 5.74) is -0.956. The van der Waals surface area contributed by atoms with E-state index in [1.165, 1.54) is 6.07 Å². The molecule has 3 rings (SSSR count). The van der Waals surface area contributed by atoms with Gasteiger partial charge >= 0.3 is 12.2 Å². The topological polar surface area (TPSA) is 62.8 Å². The predicted octanol–water partition coefficient (Wildman–Crippen LogP) is 3.22. The predicted molar refractivity (Wildman–Crippen MR) is 98.6 cm³/mol. The normalized spacial score (nSPS) is 22.1. The van der Waals surface area contributed by atoms with Gasteiger partial charge in [0.1, 0.15) is 0 Å². The SMILES string of the molecule is O=C(NC[C@H]([C@H]1CCOC1)N1CCOCC1)Nc1ccc(Cl)c(C(F)(F)F)c1. The number of anilines is 1. The Balaban J connectivity index is 1.60. The fourth-order valence-corrected chi connectivity index (χ4v) is 3.78. The van der Waals surface area contributed by atoms with E-state index in [1.807, 2.05) is 0 Å². The standard InChI is InChI=1S/C18H23ClF3N3O3/c19-15-2-1-13(9-14(15)18(20,21)22)24-17(26)23-10-16(12-3-6-28-11-12)25-4-7-27-8-5-25/h1-2,9,12,16H,3-8,10-11H2,(H2,23,24,26)/t12-,16+/m0/s1. The van der Waals surface area contributed by atoms with Gasteiger partial charge in [0.25, 0.3) is 0 Å². The van der Waals surface area contributed by atoms with E-state index in [9.17, 15) is 18.0 Å². The molecule has 2 heterocycles. The van der Waals surface area contributed by atoms with Gasteiger partial charge in [0.05, 0.1) is 30.4 Å². The number of amides is 2. The molecule has 2 atom stereocenters. The zero-order chi connectivity index (χ0) is 20.1. The van der Waals surface area contributed by atoms with Gasteiger partial charge in [0.15, 0.2) is 0 Å². The molecule has 2 fully saturated rings. The number of urea groups is 1. The van der Waals surface area contributed by atoms with Crippen LogP contribution in [0, 0.1) is 5.92 Å². The zero-order valence-electron chi connectivity index (χ0n) is 15.2. The molecule has 10 heteroatoms. The number of nitrogens with zero attached hydrogens (tertiary/aromatic N) is 1. The molecule has 2 aliphatic heterocycles. The number of rotatable bonds is 5. The summed E-state index contributed by atoms with van der Waals surface area (Å²) in [5, 5.41) is 4.81. The lowest BCUT2D eigenvalue weighted by Gasteiger charge is -2.37. The Hall–Kier alpha value is -1.55. The lowest BCUT2D eigenvalue weighted by atomic mass is 9.97. The summed E-state index contributed by atoms with van der Waals surface area (Å²) < 4.78 is 49.7. The van der Waals surface area contributed by atoms with Crippen molar-refractivity contribution < 1.29 is 27.4 Å². The van der Waals surface area contributed by atoms with E-state index in [2.05, 4.69) is 15.5 Å². The van der Waals surface area contributed by atoms with Crippen molar-refractivity contribution >= 4 is 23.3 Å². The number of carbonyl (C=O) groups excluding carboxylic acids is 1. The summed E-state index contributed by atoms with van der Waals surface area (Å²) in [5.74, 6) is 0.297.